The van der Waals surface area contributed by atoms with E-state index in [9.17, 15) is 4.79 Å². The van der Waals surface area contributed by atoms with Gasteiger partial charge in [-0.25, -0.2) is 4.68 Å². The molecule has 1 amide bonds. The third kappa shape index (κ3) is 3.23. The summed E-state index contributed by atoms with van der Waals surface area (Å²) in [5.74, 6) is -0.189. The molecule has 1 N–H and O–H groups in total. The number of aromatic nitrogens is 3. The first kappa shape index (κ1) is 16.5. The fourth-order valence-electron chi connectivity index (χ4n) is 2.83. The number of carbonyl (C=O) groups is 1. The van der Waals surface area contributed by atoms with Crippen molar-refractivity contribution in [3.8, 4) is 5.69 Å². The van der Waals surface area contributed by atoms with Crippen LogP contribution in [0, 0.1) is 6.92 Å². The summed E-state index contributed by atoms with van der Waals surface area (Å²) >= 11 is 3.46. The number of fused-ring (bicyclic) bond motifs is 1. The third-order valence-electron chi connectivity index (χ3n) is 4.00. The number of amides is 1. The van der Waals surface area contributed by atoms with Crippen molar-refractivity contribution in [2.75, 3.05) is 5.32 Å². The zero-order valence-electron chi connectivity index (χ0n) is 14.0. The van der Waals surface area contributed by atoms with E-state index in [0.717, 1.165) is 26.8 Å². The summed E-state index contributed by atoms with van der Waals surface area (Å²) in [6, 6.07) is 17.3. The summed E-state index contributed by atoms with van der Waals surface area (Å²) in [6.45, 7) is 1.88. The lowest BCUT2D eigenvalue weighted by atomic mass is 10.1. The Morgan fingerprint density at radius 2 is 1.92 bits per heavy atom. The molecule has 2 aromatic carbocycles. The molecule has 0 radical (unpaired) electrons. The molecule has 2 aromatic heterocycles. The maximum atomic E-state index is 12.8. The van der Waals surface area contributed by atoms with Crippen LogP contribution in [-0.2, 0) is 0 Å². The number of hydrogen-bond acceptors (Lipinski definition) is 3. The molecule has 26 heavy (non-hydrogen) atoms. The van der Waals surface area contributed by atoms with Gasteiger partial charge in [0.05, 0.1) is 34.8 Å². The minimum absolute atomic E-state index is 0.189. The first-order chi connectivity index (χ1) is 12.6. The molecule has 0 aliphatic carbocycles. The van der Waals surface area contributed by atoms with Gasteiger partial charge in [-0.3, -0.25) is 9.78 Å². The Labute approximate surface area is 158 Å². The molecule has 0 aliphatic rings. The Hall–Kier alpha value is -2.99. The van der Waals surface area contributed by atoms with Gasteiger partial charge in [0.2, 0.25) is 0 Å². The number of aryl methyl sites for hydroxylation is 1. The van der Waals surface area contributed by atoms with E-state index in [-0.39, 0.29) is 5.91 Å². The van der Waals surface area contributed by atoms with Gasteiger partial charge in [0.25, 0.3) is 5.91 Å². The average molecular weight is 407 g/mol. The molecular formula is C20H15BrN4O. The van der Waals surface area contributed by atoms with E-state index in [1.54, 1.807) is 23.1 Å². The number of hydrogen-bond donors (Lipinski definition) is 1. The van der Waals surface area contributed by atoms with Gasteiger partial charge in [-0.1, -0.05) is 34.1 Å². The molecular weight excluding hydrogens is 392 g/mol. The molecule has 0 saturated heterocycles. The van der Waals surface area contributed by atoms with Crippen LogP contribution < -0.4 is 5.32 Å². The highest BCUT2D eigenvalue weighted by Gasteiger charge is 2.14. The highest BCUT2D eigenvalue weighted by molar-refractivity contribution is 9.10. The molecule has 4 rings (SSSR count). The summed E-state index contributed by atoms with van der Waals surface area (Å²) in [6.07, 6.45) is 3.43. The number of nitrogens with one attached hydrogen (secondary N) is 1. The summed E-state index contributed by atoms with van der Waals surface area (Å²) < 4.78 is 2.63. The minimum atomic E-state index is -0.189. The quantitative estimate of drug-likeness (QED) is 0.534. The van der Waals surface area contributed by atoms with Gasteiger partial charge in [0, 0.05) is 15.6 Å². The van der Waals surface area contributed by atoms with E-state index in [4.69, 9.17) is 0 Å². The number of rotatable bonds is 3. The van der Waals surface area contributed by atoms with Gasteiger partial charge >= 0.3 is 0 Å². The van der Waals surface area contributed by atoms with Crippen LogP contribution in [0.4, 0.5) is 5.69 Å². The summed E-state index contributed by atoms with van der Waals surface area (Å²) in [7, 11) is 0. The number of carbonyl (C=O) groups excluding carboxylic acids is 1. The molecule has 0 spiro atoms. The maximum Gasteiger partial charge on any atom is 0.256 e. The van der Waals surface area contributed by atoms with E-state index >= 15 is 0 Å². The number of anilines is 1. The van der Waals surface area contributed by atoms with E-state index in [1.807, 2.05) is 55.5 Å². The molecule has 0 fully saturated rings. The lowest BCUT2D eigenvalue weighted by Crippen LogP contribution is -2.12. The number of nitrogens with zero attached hydrogens (tertiary/aromatic N) is 3. The molecule has 4 aromatic rings. The second-order valence-electron chi connectivity index (χ2n) is 5.94. The second kappa shape index (κ2) is 6.72. The van der Waals surface area contributed by atoms with Crippen LogP contribution in [0.3, 0.4) is 0 Å². The van der Waals surface area contributed by atoms with Gasteiger partial charge in [-0.05, 0) is 43.3 Å². The van der Waals surface area contributed by atoms with E-state index in [0.29, 0.717) is 11.3 Å². The van der Waals surface area contributed by atoms with Gasteiger partial charge < -0.3 is 5.32 Å². The fourth-order valence-corrected chi connectivity index (χ4v) is 3.19. The summed E-state index contributed by atoms with van der Waals surface area (Å²) in [5, 5.41) is 8.03. The first-order valence-electron chi connectivity index (χ1n) is 8.08. The normalized spacial score (nSPS) is 10.8. The number of pyridine rings is 1. The van der Waals surface area contributed by atoms with Crippen molar-refractivity contribution in [3.63, 3.8) is 0 Å². The number of benzene rings is 2. The topological polar surface area (TPSA) is 59.8 Å². The van der Waals surface area contributed by atoms with Gasteiger partial charge in [-0.15, -0.1) is 0 Å². The first-order valence-corrected chi connectivity index (χ1v) is 8.88. The second-order valence-corrected chi connectivity index (χ2v) is 6.85. The van der Waals surface area contributed by atoms with Crippen molar-refractivity contribution in [3.05, 3.63) is 82.7 Å². The van der Waals surface area contributed by atoms with Gasteiger partial charge in [0.15, 0.2) is 0 Å². The lowest BCUT2D eigenvalue weighted by Gasteiger charge is -2.08. The Balaban J connectivity index is 1.66. The molecule has 0 unspecified atom stereocenters. The van der Waals surface area contributed by atoms with Gasteiger partial charge in [-0.2, -0.15) is 5.10 Å². The highest BCUT2D eigenvalue weighted by atomic mass is 79.9. The molecule has 0 aliphatic heterocycles. The van der Waals surface area contributed by atoms with Crippen molar-refractivity contribution in [2.24, 2.45) is 0 Å². The molecule has 0 atom stereocenters. The van der Waals surface area contributed by atoms with Crippen molar-refractivity contribution < 1.29 is 4.79 Å². The Bertz CT molecular complexity index is 1110. The van der Waals surface area contributed by atoms with E-state index < -0.39 is 0 Å². The van der Waals surface area contributed by atoms with Crippen molar-refractivity contribution >= 4 is 38.4 Å². The van der Waals surface area contributed by atoms with E-state index in [1.165, 1.54) is 0 Å². The number of para-hydroxylation sites is 1. The zero-order chi connectivity index (χ0) is 18.1. The van der Waals surface area contributed by atoms with Crippen LogP contribution in [0.15, 0.2) is 71.5 Å². The molecule has 0 bridgehead atoms. The van der Waals surface area contributed by atoms with Crippen LogP contribution in [0.1, 0.15) is 16.1 Å². The van der Waals surface area contributed by atoms with Crippen LogP contribution in [0.25, 0.3) is 16.6 Å². The Kier molecular flexibility index (Phi) is 4.26. The summed E-state index contributed by atoms with van der Waals surface area (Å²) in [5.41, 5.74) is 3.74. The van der Waals surface area contributed by atoms with Gasteiger partial charge in [0.1, 0.15) is 0 Å². The SMILES string of the molecule is Cc1cc(C(=O)Nc2cnn(-c3ccccc3)c2)c2cc(Br)ccc2n1. The smallest absolute Gasteiger partial charge is 0.256 e. The average Bonchev–Trinajstić information content (AvgIpc) is 3.10. The van der Waals surface area contributed by atoms with Crippen LogP contribution >= 0.6 is 15.9 Å². The minimum Gasteiger partial charge on any atom is -0.319 e. The molecule has 2 heterocycles. The van der Waals surface area contributed by atoms with E-state index in [2.05, 4.69) is 31.3 Å². The largest absolute Gasteiger partial charge is 0.319 e. The maximum absolute atomic E-state index is 12.8. The molecule has 6 heteroatoms. The molecule has 0 saturated carbocycles. The lowest BCUT2D eigenvalue weighted by molar-refractivity contribution is 0.102. The Morgan fingerprint density at radius 3 is 2.73 bits per heavy atom. The fraction of sp³-hybridized carbons (Fsp3) is 0.0500. The number of halogens is 1. The van der Waals surface area contributed by atoms with Crippen molar-refractivity contribution in [1.82, 2.24) is 14.8 Å². The predicted octanol–water partition coefficient (Wildman–Crippen LogP) is 4.74. The molecule has 128 valence electrons. The predicted molar refractivity (Wildman–Crippen MR) is 106 cm³/mol. The standard InChI is InChI=1S/C20H15BrN4O/c1-13-9-18(17-10-14(21)7-8-19(17)23-13)20(26)24-15-11-22-25(12-15)16-5-3-2-4-6-16/h2-12H,1H3,(H,24,26). The van der Waals surface area contributed by atoms with Crippen LogP contribution in [-0.4, -0.2) is 20.7 Å². The highest BCUT2D eigenvalue weighted by Crippen LogP contribution is 2.24. The van der Waals surface area contributed by atoms with Crippen molar-refractivity contribution in [2.45, 2.75) is 6.92 Å². The van der Waals surface area contributed by atoms with Crippen LogP contribution in [0.5, 0.6) is 0 Å². The van der Waals surface area contributed by atoms with Crippen molar-refractivity contribution in [1.29, 1.82) is 0 Å². The monoisotopic (exact) mass is 406 g/mol. The summed E-state index contributed by atoms with van der Waals surface area (Å²) in [4.78, 5) is 17.3. The van der Waals surface area contributed by atoms with Crippen LogP contribution in [0.2, 0.25) is 0 Å². The third-order valence-corrected chi connectivity index (χ3v) is 4.50. The zero-order valence-corrected chi connectivity index (χ0v) is 15.6. The Morgan fingerprint density at radius 1 is 1.12 bits per heavy atom. The molecule has 5 nitrogen and oxygen atoms in total.